The van der Waals surface area contributed by atoms with Crippen molar-refractivity contribution in [3.05, 3.63) is 84.9 Å². The first kappa shape index (κ1) is 15.9. The van der Waals surface area contributed by atoms with Gasteiger partial charge in [0.15, 0.2) is 0 Å². The van der Waals surface area contributed by atoms with Crippen molar-refractivity contribution in [3.63, 3.8) is 0 Å². The normalized spacial score (nSPS) is 11.6. The number of aromatic nitrogens is 2. The van der Waals surface area contributed by atoms with Crippen LogP contribution in [0.5, 0.6) is 0 Å². The minimum Gasteiger partial charge on any atom is -0.236 e. The highest BCUT2D eigenvalue weighted by Crippen LogP contribution is 2.36. The molecule has 2 heterocycles. The van der Waals surface area contributed by atoms with Crippen molar-refractivity contribution in [1.29, 1.82) is 0 Å². The Morgan fingerprint density at radius 3 is 1.36 bits per heavy atom. The lowest BCUT2D eigenvalue weighted by Crippen LogP contribution is -1.77. The van der Waals surface area contributed by atoms with Crippen molar-refractivity contribution in [3.8, 4) is 21.1 Å². The number of thiazole rings is 2. The number of nitrogens with zero attached hydrogens (tertiary/aromatic N) is 2. The fourth-order valence-corrected chi connectivity index (χ4v) is 5.51. The highest BCUT2D eigenvalue weighted by molar-refractivity contribution is 7.22. The number of fused-ring (bicyclic) bond motifs is 3. The van der Waals surface area contributed by atoms with E-state index in [9.17, 15) is 0 Å². The summed E-state index contributed by atoms with van der Waals surface area (Å²) in [5.74, 6) is 0. The van der Waals surface area contributed by atoms with E-state index < -0.39 is 0 Å². The third-order valence-electron chi connectivity index (χ3n) is 4.89. The molecule has 0 saturated carbocycles. The Morgan fingerprint density at radius 1 is 0.500 bits per heavy atom. The number of hydrogen-bond donors (Lipinski definition) is 0. The topological polar surface area (TPSA) is 25.8 Å². The summed E-state index contributed by atoms with van der Waals surface area (Å²) in [6.07, 6.45) is 0. The van der Waals surface area contributed by atoms with Crippen molar-refractivity contribution in [2.75, 3.05) is 0 Å². The Balaban J connectivity index is 1.52. The van der Waals surface area contributed by atoms with Crippen molar-refractivity contribution in [1.82, 2.24) is 9.97 Å². The van der Waals surface area contributed by atoms with Gasteiger partial charge in [-0.1, -0.05) is 60.7 Å². The van der Waals surface area contributed by atoms with Gasteiger partial charge in [0, 0.05) is 11.1 Å². The zero-order valence-electron chi connectivity index (χ0n) is 14.8. The highest BCUT2D eigenvalue weighted by atomic mass is 32.1. The summed E-state index contributed by atoms with van der Waals surface area (Å²) in [4.78, 5) is 9.74. The van der Waals surface area contributed by atoms with Gasteiger partial charge in [-0.05, 0) is 35.0 Å². The first-order valence-corrected chi connectivity index (χ1v) is 10.7. The molecule has 0 amide bonds. The fraction of sp³-hybridized carbons (Fsp3) is 0. The molecule has 0 radical (unpaired) electrons. The van der Waals surface area contributed by atoms with Gasteiger partial charge in [0.05, 0.1) is 20.4 Å². The lowest BCUT2D eigenvalue weighted by Gasteiger charge is -1.97. The second-order valence-corrected chi connectivity index (χ2v) is 8.82. The van der Waals surface area contributed by atoms with Crippen LogP contribution in [0.1, 0.15) is 0 Å². The quantitative estimate of drug-likeness (QED) is 0.306. The summed E-state index contributed by atoms with van der Waals surface area (Å²) in [6, 6.07) is 29.7. The molecule has 6 rings (SSSR count). The molecule has 0 unspecified atom stereocenters. The van der Waals surface area contributed by atoms with Gasteiger partial charge in [0.1, 0.15) is 10.0 Å². The van der Waals surface area contributed by atoms with Crippen LogP contribution in [0.3, 0.4) is 0 Å². The molecule has 0 aliphatic heterocycles. The van der Waals surface area contributed by atoms with Crippen LogP contribution in [0.4, 0.5) is 0 Å². The minimum absolute atomic E-state index is 1.06. The van der Waals surface area contributed by atoms with E-state index in [0.29, 0.717) is 0 Å². The van der Waals surface area contributed by atoms with Crippen molar-refractivity contribution >= 4 is 53.9 Å². The van der Waals surface area contributed by atoms with Crippen LogP contribution in [0.15, 0.2) is 84.9 Å². The van der Waals surface area contributed by atoms with Crippen LogP contribution >= 0.6 is 22.7 Å². The van der Waals surface area contributed by atoms with Crippen LogP contribution in [-0.4, -0.2) is 9.97 Å². The van der Waals surface area contributed by atoms with Crippen molar-refractivity contribution in [2.45, 2.75) is 0 Å². The Morgan fingerprint density at radius 2 is 0.929 bits per heavy atom. The van der Waals surface area contributed by atoms with E-state index in [0.717, 1.165) is 21.0 Å². The van der Waals surface area contributed by atoms with Gasteiger partial charge >= 0.3 is 0 Å². The third kappa shape index (κ3) is 2.61. The van der Waals surface area contributed by atoms with Crippen molar-refractivity contribution < 1.29 is 0 Å². The van der Waals surface area contributed by atoms with Gasteiger partial charge in [-0.25, -0.2) is 9.97 Å². The fourth-order valence-electron chi connectivity index (χ4n) is 3.50. The zero-order valence-corrected chi connectivity index (χ0v) is 16.4. The van der Waals surface area contributed by atoms with Crippen molar-refractivity contribution in [2.24, 2.45) is 0 Å². The van der Waals surface area contributed by atoms with E-state index in [-0.39, 0.29) is 0 Å². The van der Waals surface area contributed by atoms with E-state index in [1.54, 1.807) is 22.7 Å². The second-order valence-electron chi connectivity index (χ2n) is 6.76. The largest absolute Gasteiger partial charge is 0.236 e. The predicted octanol–water partition coefficient (Wildman–Crippen LogP) is 7.39. The number of rotatable bonds is 2. The van der Waals surface area contributed by atoms with Crippen LogP contribution in [0.2, 0.25) is 0 Å². The SMILES string of the molecule is c1ccc(-c2nc3cc4cc5sc(-c6ccccc6)nc5cc4cc3s2)cc1. The molecule has 0 fully saturated rings. The molecule has 28 heavy (non-hydrogen) atoms. The molecule has 0 aliphatic carbocycles. The lowest BCUT2D eigenvalue weighted by atomic mass is 10.1. The summed E-state index contributed by atoms with van der Waals surface area (Å²) < 4.78 is 2.42. The van der Waals surface area contributed by atoms with Crippen LogP contribution in [0.25, 0.3) is 52.3 Å². The molecule has 132 valence electrons. The molecule has 0 bridgehead atoms. The smallest absolute Gasteiger partial charge is 0.124 e. The number of benzene rings is 4. The van der Waals surface area contributed by atoms with Gasteiger partial charge in [0.25, 0.3) is 0 Å². The average Bonchev–Trinajstić information content (AvgIpc) is 3.35. The molecule has 6 aromatic rings. The van der Waals surface area contributed by atoms with Gasteiger partial charge in [-0.15, -0.1) is 22.7 Å². The van der Waals surface area contributed by atoms with E-state index in [2.05, 4.69) is 72.8 Å². The molecule has 2 nitrogen and oxygen atoms in total. The first-order chi connectivity index (χ1) is 13.8. The lowest BCUT2D eigenvalue weighted by molar-refractivity contribution is 1.48. The van der Waals surface area contributed by atoms with Crippen LogP contribution in [-0.2, 0) is 0 Å². The van der Waals surface area contributed by atoms with E-state index in [1.807, 2.05) is 12.1 Å². The predicted molar refractivity (Wildman–Crippen MR) is 121 cm³/mol. The summed E-state index contributed by atoms with van der Waals surface area (Å²) in [6.45, 7) is 0. The van der Waals surface area contributed by atoms with Gasteiger partial charge in [-0.2, -0.15) is 0 Å². The van der Waals surface area contributed by atoms with E-state index >= 15 is 0 Å². The van der Waals surface area contributed by atoms with Gasteiger partial charge in [0.2, 0.25) is 0 Å². The minimum atomic E-state index is 1.06. The molecule has 0 N–H and O–H groups in total. The van der Waals surface area contributed by atoms with Gasteiger partial charge in [-0.3, -0.25) is 0 Å². The molecule has 0 atom stereocenters. The molecule has 0 spiro atoms. The molecular formula is C24H14N2S2. The van der Waals surface area contributed by atoms with E-state index in [4.69, 9.17) is 9.97 Å². The maximum Gasteiger partial charge on any atom is 0.124 e. The monoisotopic (exact) mass is 394 g/mol. The Kier molecular flexibility index (Phi) is 3.54. The molecule has 0 saturated heterocycles. The molecule has 2 aromatic heterocycles. The summed E-state index contributed by atoms with van der Waals surface area (Å²) in [7, 11) is 0. The third-order valence-corrected chi connectivity index (χ3v) is 7.03. The summed E-state index contributed by atoms with van der Waals surface area (Å²) >= 11 is 3.49. The molecule has 0 aliphatic rings. The Bertz CT molecular complexity index is 1270. The average molecular weight is 395 g/mol. The first-order valence-electron chi connectivity index (χ1n) is 9.09. The van der Waals surface area contributed by atoms with Crippen LogP contribution < -0.4 is 0 Å². The van der Waals surface area contributed by atoms with Gasteiger partial charge < -0.3 is 0 Å². The second kappa shape index (κ2) is 6.23. The molecule has 4 aromatic carbocycles. The standard InChI is InChI=1S/C24H14N2S2/c1-3-7-15(8-4-1)23-25-19-11-17-14-22-20(12-18(17)13-21(19)27-23)26-24(28-22)16-9-5-2-6-10-16/h1-14H. The maximum absolute atomic E-state index is 4.87. The zero-order chi connectivity index (χ0) is 18.5. The van der Waals surface area contributed by atoms with E-state index in [1.165, 1.54) is 31.3 Å². The maximum atomic E-state index is 4.87. The summed E-state index contributed by atoms with van der Waals surface area (Å²) in [5, 5.41) is 4.57. The summed E-state index contributed by atoms with van der Waals surface area (Å²) in [5.41, 5.74) is 4.46. The molecule has 4 heteroatoms. The van der Waals surface area contributed by atoms with Crippen LogP contribution in [0, 0.1) is 0 Å². The highest BCUT2D eigenvalue weighted by Gasteiger charge is 2.11. The Labute approximate surface area is 169 Å². The number of hydrogen-bond acceptors (Lipinski definition) is 4. The molecular weight excluding hydrogens is 380 g/mol. The Hall–Kier alpha value is -3.08.